The molecule has 1 fully saturated rings. The summed E-state index contributed by atoms with van der Waals surface area (Å²) in [5.41, 5.74) is 0.650. The van der Waals surface area contributed by atoms with Crippen LogP contribution < -0.4 is 5.32 Å². The molecule has 0 heterocycles. The third kappa shape index (κ3) is 6.90. The van der Waals surface area contributed by atoms with Gasteiger partial charge in [-0.2, -0.15) is 11.8 Å². The van der Waals surface area contributed by atoms with Gasteiger partial charge in [0.2, 0.25) is 5.91 Å². The fourth-order valence-corrected chi connectivity index (χ4v) is 4.63. The monoisotopic (exact) mass is 393 g/mol. The molecule has 1 aromatic carbocycles. The van der Waals surface area contributed by atoms with Crippen molar-refractivity contribution in [1.82, 2.24) is 5.32 Å². The zero-order valence-electron chi connectivity index (χ0n) is 15.6. The van der Waals surface area contributed by atoms with Crippen LogP contribution in [0.25, 0.3) is 0 Å². The van der Waals surface area contributed by atoms with Gasteiger partial charge in [-0.1, -0.05) is 43.2 Å². The second kappa shape index (κ2) is 10.3. The Hall–Kier alpha value is -2.02. The van der Waals surface area contributed by atoms with E-state index >= 15 is 0 Å². The van der Waals surface area contributed by atoms with Gasteiger partial charge in [-0.25, -0.2) is 4.79 Å². The Bertz CT molecular complexity index is 643. The summed E-state index contributed by atoms with van der Waals surface area (Å²) in [6, 6.07) is 9.14. The number of aliphatic carboxylic acids is 1. The zero-order chi connectivity index (χ0) is 19.7. The quantitative estimate of drug-likeness (QED) is 0.594. The molecule has 1 aromatic rings. The number of methoxy groups -OCH3 is 1. The lowest BCUT2D eigenvalue weighted by molar-refractivity contribution is -0.145. The molecule has 0 bridgehead atoms. The van der Waals surface area contributed by atoms with Crippen molar-refractivity contribution in [2.45, 2.75) is 50.3 Å². The van der Waals surface area contributed by atoms with Gasteiger partial charge < -0.3 is 15.2 Å². The number of amides is 1. The minimum absolute atomic E-state index is 0.00787. The van der Waals surface area contributed by atoms with E-state index in [9.17, 15) is 19.5 Å². The second-order valence-electron chi connectivity index (χ2n) is 7.10. The number of thioether (sulfide) groups is 1. The SMILES string of the molecule is COC(=O)C(CSCc1ccccc1)NC(=O)CC1(CC(=O)O)CCCC1. The van der Waals surface area contributed by atoms with E-state index in [4.69, 9.17) is 4.74 Å². The molecule has 1 unspecified atom stereocenters. The van der Waals surface area contributed by atoms with Crippen LogP contribution in [0.1, 0.15) is 44.1 Å². The van der Waals surface area contributed by atoms with Crippen LogP contribution in [0.4, 0.5) is 0 Å². The third-order valence-electron chi connectivity index (χ3n) is 4.94. The molecule has 7 heteroatoms. The van der Waals surface area contributed by atoms with Gasteiger partial charge in [-0.3, -0.25) is 9.59 Å². The second-order valence-corrected chi connectivity index (χ2v) is 8.13. The fourth-order valence-electron chi connectivity index (χ4n) is 3.63. The van der Waals surface area contributed by atoms with Gasteiger partial charge in [0.05, 0.1) is 13.5 Å². The van der Waals surface area contributed by atoms with Crippen molar-refractivity contribution in [3.63, 3.8) is 0 Å². The minimum atomic E-state index is -0.882. The first-order valence-corrected chi connectivity index (χ1v) is 10.3. The molecule has 0 saturated heterocycles. The summed E-state index contributed by atoms with van der Waals surface area (Å²) in [5, 5.41) is 11.9. The number of hydrogen-bond acceptors (Lipinski definition) is 5. The largest absolute Gasteiger partial charge is 0.481 e. The van der Waals surface area contributed by atoms with Gasteiger partial charge in [0.25, 0.3) is 0 Å². The summed E-state index contributed by atoms with van der Waals surface area (Å²) < 4.78 is 4.81. The maximum atomic E-state index is 12.5. The van der Waals surface area contributed by atoms with E-state index in [0.29, 0.717) is 5.75 Å². The van der Waals surface area contributed by atoms with Crippen LogP contribution in [0, 0.1) is 5.41 Å². The zero-order valence-corrected chi connectivity index (χ0v) is 16.4. The number of ether oxygens (including phenoxy) is 1. The van der Waals surface area contributed by atoms with Crippen molar-refractivity contribution in [1.29, 1.82) is 0 Å². The highest BCUT2D eigenvalue weighted by Crippen LogP contribution is 2.44. The summed E-state index contributed by atoms with van der Waals surface area (Å²) in [4.78, 5) is 35.8. The Morgan fingerprint density at radius 2 is 1.85 bits per heavy atom. The molecule has 1 amide bonds. The number of carbonyl (C=O) groups is 3. The molecule has 2 rings (SSSR count). The van der Waals surface area contributed by atoms with E-state index in [0.717, 1.165) is 37.0 Å². The Morgan fingerprint density at radius 3 is 2.44 bits per heavy atom. The molecule has 148 valence electrons. The first-order valence-electron chi connectivity index (χ1n) is 9.15. The molecule has 1 atom stereocenters. The molecule has 0 spiro atoms. The summed E-state index contributed by atoms with van der Waals surface area (Å²) in [6.45, 7) is 0. The number of esters is 1. The molecule has 0 radical (unpaired) electrons. The van der Waals surface area contributed by atoms with Crippen molar-refractivity contribution in [2.75, 3.05) is 12.9 Å². The van der Waals surface area contributed by atoms with Gasteiger partial charge in [0.1, 0.15) is 6.04 Å². The van der Waals surface area contributed by atoms with Gasteiger partial charge >= 0.3 is 11.9 Å². The smallest absolute Gasteiger partial charge is 0.329 e. The number of benzene rings is 1. The predicted octanol–water partition coefficient (Wildman–Crippen LogP) is 3.00. The summed E-state index contributed by atoms with van der Waals surface area (Å²) in [5.74, 6) is -0.518. The molecule has 27 heavy (non-hydrogen) atoms. The van der Waals surface area contributed by atoms with Crippen LogP contribution in [0.2, 0.25) is 0 Å². The normalized spacial score (nSPS) is 16.5. The van der Waals surface area contributed by atoms with Crippen LogP contribution in [0.3, 0.4) is 0 Å². The van der Waals surface area contributed by atoms with E-state index in [1.165, 1.54) is 7.11 Å². The summed E-state index contributed by atoms with van der Waals surface area (Å²) in [6.07, 6.45) is 3.47. The Morgan fingerprint density at radius 1 is 1.19 bits per heavy atom. The highest BCUT2D eigenvalue weighted by Gasteiger charge is 2.38. The van der Waals surface area contributed by atoms with Crippen molar-refractivity contribution < 1.29 is 24.2 Å². The van der Waals surface area contributed by atoms with Gasteiger partial charge in [-0.05, 0) is 23.8 Å². The Balaban J connectivity index is 1.90. The lowest BCUT2D eigenvalue weighted by Crippen LogP contribution is -2.45. The van der Waals surface area contributed by atoms with Crippen molar-refractivity contribution in [2.24, 2.45) is 5.41 Å². The number of carbonyl (C=O) groups excluding carboxylic acids is 2. The molecule has 1 saturated carbocycles. The molecule has 1 aliphatic rings. The summed E-state index contributed by atoms with van der Waals surface area (Å²) in [7, 11) is 1.30. The van der Waals surface area contributed by atoms with Crippen molar-refractivity contribution in [3.05, 3.63) is 35.9 Å². The van der Waals surface area contributed by atoms with Gasteiger partial charge in [0.15, 0.2) is 0 Å². The third-order valence-corrected chi connectivity index (χ3v) is 6.05. The van der Waals surface area contributed by atoms with Crippen LogP contribution in [0.15, 0.2) is 30.3 Å². The summed E-state index contributed by atoms with van der Waals surface area (Å²) >= 11 is 1.54. The molecular formula is C20H27NO5S. The lowest BCUT2D eigenvalue weighted by Gasteiger charge is -2.27. The predicted molar refractivity (Wildman–Crippen MR) is 104 cm³/mol. The highest BCUT2D eigenvalue weighted by atomic mass is 32.2. The fraction of sp³-hybridized carbons (Fsp3) is 0.550. The van der Waals surface area contributed by atoms with Gasteiger partial charge in [0, 0.05) is 17.9 Å². The van der Waals surface area contributed by atoms with Crippen molar-refractivity contribution >= 4 is 29.6 Å². The van der Waals surface area contributed by atoms with Gasteiger partial charge in [-0.15, -0.1) is 0 Å². The topological polar surface area (TPSA) is 92.7 Å². The molecular weight excluding hydrogens is 366 g/mol. The number of nitrogens with one attached hydrogen (secondary N) is 1. The average molecular weight is 394 g/mol. The van der Waals surface area contributed by atoms with Crippen LogP contribution in [-0.2, 0) is 24.9 Å². The standard InChI is InChI=1S/C20H27NO5S/c1-26-19(25)16(14-27-13-15-7-3-2-4-8-15)21-17(22)11-20(12-18(23)24)9-5-6-10-20/h2-4,7-8,16H,5-6,9-14H2,1H3,(H,21,22)(H,23,24). The van der Waals surface area contributed by atoms with Crippen molar-refractivity contribution in [3.8, 4) is 0 Å². The lowest BCUT2D eigenvalue weighted by atomic mass is 9.79. The Labute approximate surface area is 164 Å². The molecule has 1 aliphatic carbocycles. The number of rotatable bonds is 10. The number of hydrogen-bond donors (Lipinski definition) is 2. The number of carboxylic acid groups (broad SMARTS) is 1. The Kier molecular flexibility index (Phi) is 8.16. The maximum absolute atomic E-state index is 12.5. The van der Waals surface area contributed by atoms with Crippen LogP contribution >= 0.6 is 11.8 Å². The molecule has 6 nitrogen and oxygen atoms in total. The first-order chi connectivity index (χ1) is 12.9. The van der Waals surface area contributed by atoms with E-state index < -0.39 is 23.4 Å². The van der Waals surface area contributed by atoms with E-state index in [1.54, 1.807) is 11.8 Å². The molecule has 0 aromatic heterocycles. The molecule has 2 N–H and O–H groups in total. The van der Waals surface area contributed by atoms with E-state index in [-0.39, 0.29) is 18.7 Å². The first kappa shape index (κ1) is 21.3. The molecule has 0 aliphatic heterocycles. The van der Waals surface area contributed by atoms with E-state index in [2.05, 4.69) is 5.32 Å². The van der Waals surface area contributed by atoms with Crippen LogP contribution in [0.5, 0.6) is 0 Å². The number of carboxylic acids is 1. The average Bonchev–Trinajstić information content (AvgIpc) is 3.08. The van der Waals surface area contributed by atoms with Crippen LogP contribution in [-0.4, -0.2) is 41.9 Å². The highest BCUT2D eigenvalue weighted by molar-refractivity contribution is 7.98. The maximum Gasteiger partial charge on any atom is 0.329 e. The van der Waals surface area contributed by atoms with E-state index in [1.807, 2.05) is 30.3 Å². The minimum Gasteiger partial charge on any atom is -0.481 e.